The third kappa shape index (κ3) is 2.72. The van der Waals surface area contributed by atoms with Gasteiger partial charge in [-0.15, -0.1) is 0 Å². The largest absolute Gasteiger partial charge is 0.368 e. The highest BCUT2D eigenvalue weighted by Crippen LogP contribution is 2.48. The smallest absolute Gasteiger partial charge is 0.227 e. The maximum Gasteiger partial charge on any atom is 0.227 e. The van der Waals surface area contributed by atoms with Gasteiger partial charge in [0.25, 0.3) is 0 Å². The molecule has 1 aromatic carbocycles. The molecule has 0 radical (unpaired) electrons. The summed E-state index contributed by atoms with van der Waals surface area (Å²) >= 11 is 5.95. The topological polar surface area (TPSA) is 49.6 Å². The molecule has 3 fully saturated rings. The summed E-state index contributed by atoms with van der Waals surface area (Å²) in [5.74, 6) is 1.51. The molecule has 2 bridgehead atoms. The van der Waals surface area contributed by atoms with Crippen molar-refractivity contribution in [3.63, 3.8) is 0 Å². The first-order valence-corrected chi connectivity index (χ1v) is 9.06. The second kappa shape index (κ2) is 5.99. The number of nitrogens with zero attached hydrogens (tertiary/aromatic N) is 2. The van der Waals surface area contributed by atoms with Gasteiger partial charge in [0.2, 0.25) is 5.91 Å². The Labute approximate surface area is 142 Å². The summed E-state index contributed by atoms with van der Waals surface area (Å²) in [5, 5.41) is 0.757. The molecule has 4 atom stereocenters. The molecule has 2 saturated carbocycles. The van der Waals surface area contributed by atoms with E-state index in [1.165, 1.54) is 24.9 Å². The van der Waals surface area contributed by atoms with Gasteiger partial charge in [0.15, 0.2) is 0 Å². The summed E-state index contributed by atoms with van der Waals surface area (Å²) in [5.41, 5.74) is 7.51. The minimum Gasteiger partial charge on any atom is -0.368 e. The SMILES string of the molecule is NC1C2CCC(C2)C1C(=O)N1CCN(c2ccc(Cl)cc2)CC1. The number of fused-ring (bicyclic) bond motifs is 2. The highest BCUT2D eigenvalue weighted by molar-refractivity contribution is 6.30. The number of hydrogen-bond acceptors (Lipinski definition) is 3. The van der Waals surface area contributed by atoms with E-state index in [4.69, 9.17) is 17.3 Å². The zero-order valence-corrected chi connectivity index (χ0v) is 14.1. The Morgan fingerprint density at radius 3 is 2.30 bits per heavy atom. The third-order valence-corrected chi connectivity index (χ3v) is 6.30. The van der Waals surface area contributed by atoms with Crippen LogP contribution in [0.5, 0.6) is 0 Å². The monoisotopic (exact) mass is 333 g/mol. The number of anilines is 1. The van der Waals surface area contributed by atoms with Crippen LogP contribution < -0.4 is 10.6 Å². The summed E-state index contributed by atoms with van der Waals surface area (Å²) < 4.78 is 0. The Bertz CT molecular complexity index is 580. The van der Waals surface area contributed by atoms with E-state index in [0.29, 0.717) is 17.7 Å². The van der Waals surface area contributed by atoms with Crippen LogP contribution in [0.3, 0.4) is 0 Å². The molecule has 23 heavy (non-hydrogen) atoms. The van der Waals surface area contributed by atoms with Crippen molar-refractivity contribution in [3.05, 3.63) is 29.3 Å². The van der Waals surface area contributed by atoms with Crippen LogP contribution in [-0.4, -0.2) is 43.0 Å². The number of carbonyl (C=O) groups excluding carboxylic acids is 1. The van der Waals surface area contributed by atoms with Gasteiger partial charge < -0.3 is 15.5 Å². The fraction of sp³-hybridized carbons (Fsp3) is 0.611. The van der Waals surface area contributed by atoms with E-state index in [1.54, 1.807) is 0 Å². The number of nitrogens with two attached hydrogens (primary N) is 1. The molecule has 2 N–H and O–H groups in total. The minimum absolute atomic E-state index is 0.0795. The van der Waals surface area contributed by atoms with Crippen LogP contribution in [0.25, 0.3) is 0 Å². The molecule has 1 saturated heterocycles. The molecular weight excluding hydrogens is 310 g/mol. The van der Waals surface area contributed by atoms with E-state index < -0.39 is 0 Å². The van der Waals surface area contributed by atoms with Gasteiger partial charge in [-0.3, -0.25) is 4.79 Å². The normalized spacial score (nSPS) is 33.3. The summed E-state index contributed by atoms with van der Waals surface area (Å²) in [6.07, 6.45) is 3.59. The minimum atomic E-state index is 0.0795. The predicted octanol–water partition coefficient (Wildman–Crippen LogP) is 2.36. The van der Waals surface area contributed by atoms with Crippen molar-refractivity contribution < 1.29 is 4.79 Å². The molecular formula is C18H24ClN3O. The van der Waals surface area contributed by atoms with E-state index in [1.807, 2.05) is 29.2 Å². The number of amides is 1. The van der Waals surface area contributed by atoms with E-state index in [-0.39, 0.29) is 12.0 Å². The van der Waals surface area contributed by atoms with Crippen molar-refractivity contribution in [1.29, 1.82) is 0 Å². The molecule has 1 aliphatic heterocycles. The molecule has 4 nitrogen and oxygen atoms in total. The first-order chi connectivity index (χ1) is 11.1. The van der Waals surface area contributed by atoms with E-state index in [9.17, 15) is 4.79 Å². The molecule has 124 valence electrons. The maximum atomic E-state index is 12.9. The summed E-state index contributed by atoms with van der Waals surface area (Å²) in [4.78, 5) is 17.3. The molecule has 0 spiro atoms. The van der Waals surface area contributed by atoms with Crippen molar-refractivity contribution in [2.24, 2.45) is 23.5 Å². The Balaban J connectivity index is 1.38. The first-order valence-electron chi connectivity index (χ1n) is 8.68. The highest BCUT2D eigenvalue weighted by Gasteiger charge is 2.50. The molecule has 2 aliphatic carbocycles. The quantitative estimate of drug-likeness (QED) is 0.904. The Kier molecular flexibility index (Phi) is 3.98. The van der Waals surface area contributed by atoms with Gasteiger partial charge in [-0.2, -0.15) is 0 Å². The van der Waals surface area contributed by atoms with Gasteiger partial charge in [0.1, 0.15) is 0 Å². The fourth-order valence-corrected chi connectivity index (χ4v) is 4.88. The van der Waals surface area contributed by atoms with Crippen LogP contribution in [0, 0.1) is 17.8 Å². The van der Waals surface area contributed by atoms with Crippen LogP contribution in [0.4, 0.5) is 5.69 Å². The molecule has 1 amide bonds. The highest BCUT2D eigenvalue weighted by atomic mass is 35.5. The predicted molar refractivity (Wildman–Crippen MR) is 92.5 cm³/mol. The number of benzene rings is 1. The van der Waals surface area contributed by atoms with Crippen molar-refractivity contribution in [3.8, 4) is 0 Å². The van der Waals surface area contributed by atoms with Crippen LogP contribution in [-0.2, 0) is 4.79 Å². The number of piperazine rings is 1. The van der Waals surface area contributed by atoms with Crippen molar-refractivity contribution in [2.75, 3.05) is 31.1 Å². The first kappa shape index (κ1) is 15.3. The summed E-state index contributed by atoms with van der Waals surface area (Å²) in [6, 6.07) is 8.03. The van der Waals surface area contributed by atoms with Crippen molar-refractivity contribution in [2.45, 2.75) is 25.3 Å². The fourth-order valence-electron chi connectivity index (χ4n) is 4.75. The lowest BCUT2D eigenvalue weighted by atomic mass is 9.84. The standard InChI is InChI=1S/C18H24ClN3O/c19-14-3-5-15(6-4-14)21-7-9-22(10-8-21)18(23)16-12-1-2-13(11-12)17(16)20/h3-6,12-13,16-17H,1-2,7-11,20H2. The van der Waals surface area contributed by atoms with Crippen molar-refractivity contribution in [1.82, 2.24) is 4.90 Å². The molecule has 3 aliphatic rings. The average molecular weight is 334 g/mol. The summed E-state index contributed by atoms with van der Waals surface area (Å²) in [7, 11) is 0. The van der Waals surface area contributed by atoms with E-state index in [0.717, 1.165) is 31.2 Å². The molecule has 1 heterocycles. The lowest BCUT2D eigenvalue weighted by molar-refractivity contribution is -0.138. The zero-order valence-electron chi connectivity index (χ0n) is 13.3. The maximum absolute atomic E-state index is 12.9. The van der Waals surface area contributed by atoms with Crippen LogP contribution in [0.1, 0.15) is 19.3 Å². The van der Waals surface area contributed by atoms with E-state index >= 15 is 0 Å². The van der Waals surface area contributed by atoms with Gasteiger partial charge >= 0.3 is 0 Å². The molecule has 5 heteroatoms. The van der Waals surface area contributed by atoms with Crippen LogP contribution in [0.15, 0.2) is 24.3 Å². The third-order valence-electron chi connectivity index (χ3n) is 6.05. The van der Waals surface area contributed by atoms with Gasteiger partial charge in [-0.05, 0) is 55.4 Å². The second-order valence-electron chi connectivity index (χ2n) is 7.23. The zero-order chi connectivity index (χ0) is 16.0. The average Bonchev–Trinajstić information content (AvgIpc) is 3.16. The van der Waals surface area contributed by atoms with E-state index in [2.05, 4.69) is 4.90 Å². The molecule has 1 aromatic rings. The molecule has 4 unspecified atom stereocenters. The number of halogens is 1. The lowest BCUT2D eigenvalue weighted by Gasteiger charge is -2.39. The van der Waals surface area contributed by atoms with Gasteiger partial charge in [0, 0.05) is 42.9 Å². The van der Waals surface area contributed by atoms with Gasteiger partial charge in [-0.25, -0.2) is 0 Å². The summed E-state index contributed by atoms with van der Waals surface area (Å²) in [6.45, 7) is 3.34. The Morgan fingerprint density at radius 2 is 1.70 bits per heavy atom. The Hall–Kier alpha value is -1.26. The number of carbonyl (C=O) groups is 1. The number of rotatable bonds is 2. The lowest BCUT2D eigenvalue weighted by Crippen LogP contribution is -2.53. The van der Waals surface area contributed by atoms with Crippen LogP contribution in [0.2, 0.25) is 5.02 Å². The van der Waals surface area contributed by atoms with Crippen molar-refractivity contribution >= 4 is 23.2 Å². The van der Waals surface area contributed by atoms with Crippen LogP contribution >= 0.6 is 11.6 Å². The van der Waals surface area contributed by atoms with Gasteiger partial charge in [-0.1, -0.05) is 11.6 Å². The Morgan fingerprint density at radius 1 is 1.04 bits per heavy atom. The number of hydrogen-bond donors (Lipinski definition) is 1. The molecule has 4 rings (SSSR count). The molecule has 0 aromatic heterocycles. The van der Waals surface area contributed by atoms with Gasteiger partial charge in [0.05, 0.1) is 5.92 Å². The second-order valence-corrected chi connectivity index (χ2v) is 7.66.